The van der Waals surface area contributed by atoms with Gasteiger partial charge in [0, 0.05) is 6.42 Å². The maximum Gasteiger partial charge on any atom is 0.311 e. The van der Waals surface area contributed by atoms with Crippen LogP contribution in [0.15, 0.2) is 65.3 Å². The van der Waals surface area contributed by atoms with Crippen molar-refractivity contribution in [2.24, 2.45) is 40.4 Å². The summed E-state index contributed by atoms with van der Waals surface area (Å²) in [7, 11) is 0. The molecule has 8 atom stereocenters. The first kappa shape index (κ1) is 35.7. The molecule has 6 nitrogen and oxygen atoms in total. The zero-order chi connectivity index (χ0) is 35.5. The summed E-state index contributed by atoms with van der Waals surface area (Å²) < 4.78 is 6.13. The van der Waals surface area contributed by atoms with Crippen molar-refractivity contribution >= 4 is 17.8 Å². The van der Waals surface area contributed by atoms with E-state index in [2.05, 4.69) is 59.8 Å². The lowest BCUT2D eigenvalue weighted by Gasteiger charge is -2.51. The summed E-state index contributed by atoms with van der Waals surface area (Å²) in [6.07, 6.45) is 14.9. The van der Waals surface area contributed by atoms with Crippen LogP contribution in [-0.4, -0.2) is 46.0 Å². The van der Waals surface area contributed by atoms with Crippen LogP contribution in [0.5, 0.6) is 0 Å². The lowest BCUT2D eigenvalue weighted by molar-refractivity contribution is -0.161. The standard InChI is InChI=1S/C43H60N2O4/c1-27(2)28(3)17-18-29(4)34-21-22-35-31(16-13-23-42(34,35)8)25-43(9)36-24-33(49-40(48)41(5,6)7)20-19-32(36)26-44-38(46)37(39(47)45(43)44)30-14-11-10-12-15-30/h10-12,14-15,17-18,25,27-29,33-35,37H,13,16,19-24,26H2,1-9H3/b18-17+,31-25+/t28-,29+,33-,34?,35?,37?,42+,43-/m0/s1. The zero-order valence-corrected chi connectivity index (χ0v) is 31.6. The summed E-state index contributed by atoms with van der Waals surface area (Å²) in [5, 5.41) is 3.56. The van der Waals surface area contributed by atoms with Crippen molar-refractivity contribution in [3.63, 3.8) is 0 Å². The Hall–Kier alpha value is -3.15. The summed E-state index contributed by atoms with van der Waals surface area (Å²) in [6.45, 7) is 20.1. The predicted octanol–water partition coefficient (Wildman–Crippen LogP) is 9.19. The van der Waals surface area contributed by atoms with Gasteiger partial charge in [-0.15, -0.1) is 0 Å². The minimum atomic E-state index is -0.844. The number of fused-ring (bicyclic) bond motifs is 2. The van der Waals surface area contributed by atoms with E-state index in [-0.39, 0.29) is 29.3 Å². The van der Waals surface area contributed by atoms with E-state index in [4.69, 9.17) is 4.74 Å². The van der Waals surface area contributed by atoms with Crippen LogP contribution in [-0.2, 0) is 19.1 Å². The van der Waals surface area contributed by atoms with E-state index >= 15 is 0 Å². The summed E-state index contributed by atoms with van der Waals surface area (Å²) >= 11 is 0. The van der Waals surface area contributed by atoms with Crippen molar-refractivity contribution in [1.29, 1.82) is 0 Å². The average Bonchev–Trinajstić information content (AvgIpc) is 3.53. The van der Waals surface area contributed by atoms with E-state index in [1.54, 1.807) is 5.01 Å². The third-order valence-corrected chi connectivity index (χ3v) is 13.1. The number of rotatable bonds is 7. The van der Waals surface area contributed by atoms with Gasteiger partial charge < -0.3 is 4.74 Å². The molecule has 3 aliphatic carbocycles. The maximum absolute atomic E-state index is 14.6. The van der Waals surface area contributed by atoms with Crippen LogP contribution in [0.2, 0.25) is 0 Å². The van der Waals surface area contributed by atoms with E-state index in [1.165, 1.54) is 24.0 Å². The first-order valence-corrected chi connectivity index (χ1v) is 19.1. The van der Waals surface area contributed by atoms with Crippen molar-refractivity contribution in [2.75, 3.05) is 6.54 Å². The van der Waals surface area contributed by atoms with Gasteiger partial charge >= 0.3 is 5.97 Å². The third-order valence-electron chi connectivity index (χ3n) is 13.1. The fraction of sp³-hybridized carbons (Fsp3) is 0.651. The normalized spacial score (nSPS) is 34.0. The number of esters is 1. The number of hydrogen-bond acceptors (Lipinski definition) is 4. The van der Waals surface area contributed by atoms with Gasteiger partial charge in [-0.25, -0.2) is 10.0 Å². The molecule has 0 bridgehead atoms. The van der Waals surface area contributed by atoms with Gasteiger partial charge in [-0.2, -0.15) is 0 Å². The molecule has 2 aliphatic heterocycles. The Labute approximate surface area is 295 Å². The SMILES string of the molecule is CC(C)[C@@H](C)/C=C/[C@@H](C)C1CCC2/C(=C/[C@@]3(C)C4=C(CC[C@H](OC(=O)C(C)(C)C)C4)CN4C(=O)C(c5ccccc5)C(=O)N43)CCC[C@@]21C. The average molecular weight is 669 g/mol. The van der Waals surface area contributed by atoms with Crippen LogP contribution >= 0.6 is 0 Å². The van der Waals surface area contributed by atoms with Crippen molar-refractivity contribution in [3.8, 4) is 0 Å². The number of allylic oxidation sites excluding steroid dienone is 3. The number of hydrogen-bond donors (Lipinski definition) is 0. The number of ether oxygens (including phenoxy) is 1. The predicted molar refractivity (Wildman–Crippen MR) is 195 cm³/mol. The summed E-state index contributed by atoms with van der Waals surface area (Å²) in [4.78, 5) is 41.8. The van der Waals surface area contributed by atoms with Gasteiger partial charge in [0.2, 0.25) is 0 Å². The Morgan fingerprint density at radius 3 is 2.35 bits per heavy atom. The van der Waals surface area contributed by atoms with E-state index in [0.717, 1.165) is 43.2 Å². The van der Waals surface area contributed by atoms with Crippen molar-refractivity contribution < 1.29 is 19.1 Å². The Balaban J connectivity index is 1.39. The number of carbonyl (C=O) groups excluding carboxylic acids is 3. The number of amides is 2. The molecule has 0 N–H and O–H groups in total. The Bertz CT molecular complexity index is 1550. The molecule has 1 saturated heterocycles. The van der Waals surface area contributed by atoms with Gasteiger partial charge in [-0.05, 0) is 124 Å². The highest BCUT2D eigenvalue weighted by molar-refractivity contribution is 6.11. The Kier molecular flexibility index (Phi) is 9.60. The number of carbonyl (C=O) groups is 3. The van der Waals surface area contributed by atoms with Crippen molar-refractivity contribution in [3.05, 3.63) is 70.8 Å². The summed E-state index contributed by atoms with van der Waals surface area (Å²) in [5.41, 5.74) is 3.34. The smallest absolute Gasteiger partial charge is 0.311 e. The molecule has 266 valence electrons. The highest BCUT2D eigenvalue weighted by Gasteiger charge is 2.58. The summed E-state index contributed by atoms with van der Waals surface area (Å²) in [5.74, 6) is 1.42. The van der Waals surface area contributed by atoms with Crippen molar-refractivity contribution in [2.45, 2.75) is 131 Å². The summed E-state index contributed by atoms with van der Waals surface area (Å²) in [6, 6.07) is 9.52. The molecule has 6 heteroatoms. The van der Waals surface area contributed by atoms with Gasteiger partial charge in [-0.3, -0.25) is 14.4 Å². The molecule has 5 aliphatic rings. The number of hydrazine groups is 1. The molecule has 3 unspecified atom stereocenters. The van der Waals surface area contributed by atoms with E-state index in [0.29, 0.717) is 42.6 Å². The van der Waals surface area contributed by atoms with E-state index < -0.39 is 16.9 Å². The zero-order valence-electron chi connectivity index (χ0n) is 31.6. The van der Waals surface area contributed by atoms with Crippen LogP contribution in [0.4, 0.5) is 0 Å². The monoisotopic (exact) mass is 668 g/mol. The minimum absolute atomic E-state index is 0.140. The molecule has 1 aromatic carbocycles. The largest absolute Gasteiger partial charge is 0.462 e. The quantitative estimate of drug-likeness (QED) is 0.165. The lowest BCUT2D eigenvalue weighted by atomic mass is 9.60. The van der Waals surface area contributed by atoms with Gasteiger partial charge in [-0.1, -0.05) is 88.8 Å². The molecular weight excluding hydrogens is 608 g/mol. The van der Waals surface area contributed by atoms with Gasteiger partial charge in [0.25, 0.3) is 11.8 Å². The Morgan fingerprint density at radius 1 is 0.959 bits per heavy atom. The first-order chi connectivity index (χ1) is 23.1. The highest BCUT2D eigenvalue weighted by atomic mass is 16.5. The molecule has 3 fully saturated rings. The van der Waals surface area contributed by atoms with Crippen molar-refractivity contribution in [1.82, 2.24) is 10.0 Å². The topological polar surface area (TPSA) is 66.9 Å². The van der Waals surface area contributed by atoms with Crippen LogP contribution in [0.1, 0.15) is 125 Å². The van der Waals surface area contributed by atoms with Crippen LogP contribution < -0.4 is 0 Å². The van der Waals surface area contributed by atoms with Crippen LogP contribution in [0, 0.1) is 40.4 Å². The lowest BCUT2D eigenvalue weighted by Crippen LogP contribution is -2.60. The molecule has 0 radical (unpaired) electrons. The maximum atomic E-state index is 14.6. The van der Waals surface area contributed by atoms with Gasteiger partial charge in [0.15, 0.2) is 0 Å². The molecule has 49 heavy (non-hydrogen) atoms. The Morgan fingerprint density at radius 2 is 1.67 bits per heavy atom. The second-order valence-corrected chi connectivity index (χ2v) is 17.8. The molecule has 2 saturated carbocycles. The van der Waals surface area contributed by atoms with Gasteiger partial charge in [0.05, 0.1) is 12.0 Å². The number of benzene rings is 1. The van der Waals surface area contributed by atoms with E-state index in [1.807, 2.05) is 56.1 Å². The highest BCUT2D eigenvalue weighted by Crippen LogP contribution is 2.60. The fourth-order valence-electron chi connectivity index (χ4n) is 9.92. The van der Waals surface area contributed by atoms with E-state index in [9.17, 15) is 14.4 Å². The molecule has 0 aromatic heterocycles. The second kappa shape index (κ2) is 13.2. The van der Waals surface area contributed by atoms with Crippen LogP contribution in [0.3, 0.4) is 0 Å². The van der Waals surface area contributed by atoms with Crippen LogP contribution in [0.25, 0.3) is 0 Å². The third kappa shape index (κ3) is 6.35. The minimum Gasteiger partial charge on any atom is -0.462 e. The molecular formula is C43H60N2O4. The molecule has 1 aromatic rings. The first-order valence-electron chi connectivity index (χ1n) is 19.1. The number of nitrogens with zero attached hydrogens (tertiary/aromatic N) is 2. The molecule has 6 rings (SSSR count). The molecule has 0 spiro atoms. The molecule has 2 amide bonds. The fourth-order valence-corrected chi connectivity index (χ4v) is 9.92. The second-order valence-electron chi connectivity index (χ2n) is 17.8. The van der Waals surface area contributed by atoms with Gasteiger partial charge in [0.1, 0.15) is 17.6 Å². The molecule has 2 heterocycles.